The van der Waals surface area contributed by atoms with E-state index in [1.807, 2.05) is 0 Å². The van der Waals surface area contributed by atoms with E-state index in [1.165, 1.54) is 34.9 Å². The molecular formula is C41H55F5O4S. The van der Waals surface area contributed by atoms with Gasteiger partial charge in [0.15, 0.2) is 6.29 Å². The largest absolute Gasteiger partial charge is 0.497 e. The Hall–Kier alpha value is -2.04. The van der Waals surface area contributed by atoms with Gasteiger partial charge in [-0.1, -0.05) is 32.0 Å². The Labute approximate surface area is 304 Å². The van der Waals surface area contributed by atoms with Gasteiger partial charge in [-0.05, 0) is 158 Å². The Morgan fingerprint density at radius 3 is 2.35 bits per heavy atom. The molecule has 4 aliphatic rings. The number of alkyl halides is 5. The Morgan fingerprint density at radius 1 is 0.863 bits per heavy atom. The van der Waals surface area contributed by atoms with Gasteiger partial charge in [0.1, 0.15) is 11.5 Å². The van der Waals surface area contributed by atoms with Crippen molar-refractivity contribution in [3.8, 4) is 11.5 Å². The Balaban J connectivity index is 1.08. The van der Waals surface area contributed by atoms with Gasteiger partial charge < -0.3 is 18.9 Å². The molecule has 0 radical (unpaired) electrons. The predicted molar refractivity (Wildman–Crippen MR) is 192 cm³/mol. The van der Waals surface area contributed by atoms with Crippen LogP contribution < -0.4 is 9.47 Å². The number of benzene rings is 2. The summed E-state index contributed by atoms with van der Waals surface area (Å²) in [6.07, 6.45) is 4.74. The maximum atomic E-state index is 13.0. The highest BCUT2D eigenvalue weighted by atomic mass is 32.2. The minimum atomic E-state index is -5.47. The predicted octanol–water partition coefficient (Wildman–Crippen LogP) is 11.5. The fourth-order valence-corrected chi connectivity index (χ4v) is 11.0. The lowest BCUT2D eigenvalue weighted by Gasteiger charge is -2.60. The molecule has 1 unspecified atom stereocenters. The normalized spacial score (nSPS) is 30.7. The van der Waals surface area contributed by atoms with E-state index in [1.54, 1.807) is 7.11 Å². The molecule has 2 saturated carbocycles. The molecule has 6 rings (SSSR count). The molecule has 2 aromatic rings. The molecule has 0 amide bonds. The molecule has 4 nitrogen and oxygen atoms in total. The highest BCUT2D eigenvalue weighted by Gasteiger charge is 2.63. The quantitative estimate of drug-likeness (QED) is 0.134. The molecule has 0 N–H and O–H groups in total. The van der Waals surface area contributed by atoms with Crippen LogP contribution in [-0.4, -0.2) is 56.3 Å². The van der Waals surface area contributed by atoms with Crippen molar-refractivity contribution >= 4 is 11.8 Å². The summed E-state index contributed by atoms with van der Waals surface area (Å²) in [5.74, 6) is -0.520. The van der Waals surface area contributed by atoms with Gasteiger partial charge in [0, 0.05) is 13.0 Å². The number of thioether (sulfide) groups is 1. The van der Waals surface area contributed by atoms with Crippen molar-refractivity contribution in [2.45, 2.75) is 134 Å². The zero-order valence-electron chi connectivity index (χ0n) is 30.4. The third-order valence-electron chi connectivity index (χ3n) is 12.6. The summed E-state index contributed by atoms with van der Waals surface area (Å²) in [5, 5.41) is 0. The van der Waals surface area contributed by atoms with E-state index in [-0.39, 0.29) is 29.6 Å². The van der Waals surface area contributed by atoms with Crippen LogP contribution in [0.15, 0.2) is 42.5 Å². The van der Waals surface area contributed by atoms with E-state index in [0.717, 1.165) is 88.1 Å². The zero-order valence-corrected chi connectivity index (χ0v) is 31.2. The summed E-state index contributed by atoms with van der Waals surface area (Å²) < 4.78 is 87.7. The Morgan fingerprint density at radius 2 is 1.63 bits per heavy atom. The number of halogens is 5. The number of hydrogen-bond donors (Lipinski definition) is 0. The van der Waals surface area contributed by atoms with Crippen LogP contribution in [0.2, 0.25) is 0 Å². The molecule has 3 aliphatic carbocycles. The highest BCUT2D eigenvalue weighted by Crippen LogP contribution is 2.71. The number of ether oxygens (including phenoxy) is 4. The molecule has 10 heteroatoms. The second kappa shape index (κ2) is 16.1. The van der Waals surface area contributed by atoms with Crippen molar-refractivity contribution in [1.82, 2.24) is 0 Å². The summed E-state index contributed by atoms with van der Waals surface area (Å²) in [4.78, 5) is 0. The fraction of sp³-hybridized carbons (Fsp3) is 0.707. The van der Waals surface area contributed by atoms with Crippen molar-refractivity contribution in [3.05, 3.63) is 59.2 Å². The maximum absolute atomic E-state index is 13.0. The third kappa shape index (κ3) is 8.38. The van der Waals surface area contributed by atoms with Crippen LogP contribution >= 0.6 is 11.8 Å². The van der Waals surface area contributed by atoms with Crippen LogP contribution in [0.4, 0.5) is 22.0 Å². The third-order valence-corrected chi connectivity index (χ3v) is 13.7. The minimum Gasteiger partial charge on any atom is -0.497 e. The minimum absolute atomic E-state index is 0.0440. The van der Waals surface area contributed by atoms with Gasteiger partial charge in [0.25, 0.3) is 0 Å². The van der Waals surface area contributed by atoms with Gasteiger partial charge in [-0.25, -0.2) is 0 Å². The average Bonchev–Trinajstić information content (AvgIpc) is 3.44. The molecule has 1 heterocycles. The summed E-state index contributed by atoms with van der Waals surface area (Å²) in [7, 11) is 1.74. The summed E-state index contributed by atoms with van der Waals surface area (Å²) >= 11 is 1.43. The van der Waals surface area contributed by atoms with E-state index in [9.17, 15) is 22.0 Å². The first-order chi connectivity index (χ1) is 24.4. The molecular weight excluding hydrogens is 684 g/mol. The highest BCUT2D eigenvalue weighted by molar-refractivity contribution is 7.99. The second-order valence-corrected chi connectivity index (χ2v) is 17.0. The van der Waals surface area contributed by atoms with Crippen LogP contribution in [-0.2, 0) is 15.9 Å². The average molecular weight is 739 g/mol. The van der Waals surface area contributed by atoms with Crippen molar-refractivity contribution in [2.24, 2.45) is 16.7 Å². The monoisotopic (exact) mass is 738 g/mol. The molecule has 3 fully saturated rings. The first-order valence-electron chi connectivity index (χ1n) is 19.0. The van der Waals surface area contributed by atoms with Crippen LogP contribution in [0.1, 0.15) is 119 Å². The summed E-state index contributed by atoms with van der Waals surface area (Å²) in [6, 6.07) is 15.4. The van der Waals surface area contributed by atoms with Crippen molar-refractivity contribution < 1.29 is 40.9 Å². The van der Waals surface area contributed by atoms with E-state index in [0.29, 0.717) is 30.1 Å². The summed E-state index contributed by atoms with van der Waals surface area (Å²) in [6.45, 7) is 6.42. The summed E-state index contributed by atoms with van der Waals surface area (Å²) in [5.41, 5.74) is 4.39. The number of aryl methyl sites for hydroxylation is 1. The van der Waals surface area contributed by atoms with Gasteiger partial charge in [-0.3, -0.25) is 0 Å². The molecule has 0 spiro atoms. The van der Waals surface area contributed by atoms with Crippen molar-refractivity contribution in [3.63, 3.8) is 0 Å². The van der Waals surface area contributed by atoms with Crippen LogP contribution in [0.5, 0.6) is 11.5 Å². The Bertz CT molecular complexity index is 1430. The van der Waals surface area contributed by atoms with Gasteiger partial charge in [0.05, 0.1) is 19.8 Å². The van der Waals surface area contributed by atoms with Crippen molar-refractivity contribution in [2.75, 3.05) is 31.8 Å². The lowest BCUT2D eigenvalue weighted by atomic mass is 9.44. The SMILES string of the molecule is COc1ccc2c(c1)CC[C@@]1(C)[C@@H]3CC[C@H](OC4CCCCO4)[C@@]3(C)C[C@H](c3ccc(OCCCCCSCCCC(F)(F)C(F)(F)F)cc3)[C@H]21. The lowest BCUT2D eigenvalue weighted by molar-refractivity contribution is -0.284. The maximum Gasteiger partial charge on any atom is 0.453 e. The first kappa shape index (κ1) is 38.7. The molecule has 284 valence electrons. The number of methoxy groups -OCH3 is 1. The molecule has 7 atom stereocenters. The Kier molecular flexibility index (Phi) is 12.2. The van der Waals surface area contributed by atoms with E-state index in [2.05, 4.69) is 56.3 Å². The number of fused-ring (bicyclic) bond motifs is 5. The van der Waals surface area contributed by atoms with Gasteiger partial charge in [-0.15, -0.1) is 0 Å². The van der Waals surface area contributed by atoms with Gasteiger partial charge in [0.2, 0.25) is 0 Å². The molecule has 1 saturated heterocycles. The molecule has 1 aliphatic heterocycles. The molecule has 51 heavy (non-hydrogen) atoms. The fourth-order valence-electron chi connectivity index (χ4n) is 10.0. The van der Waals surface area contributed by atoms with E-state index < -0.39 is 18.5 Å². The molecule has 0 bridgehead atoms. The lowest BCUT2D eigenvalue weighted by Crippen LogP contribution is -2.53. The smallest absolute Gasteiger partial charge is 0.453 e. The number of hydrogen-bond acceptors (Lipinski definition) is 5. The number of rotatable bonds is 15. The van der Waals surface area contributed by atoms with Gasteiger partial charge >= 0.3 is 12.1 Å². The van der Waals surface area contributed by atoms with Gasteiger partial charge in [-0.2, -0.15) is 33.7 Å². The number of unbranched alkanes of at least 4 members (excludes halogenated alkanes) is 2. The van der Waals surface area contributed by atoms with E-state index >= 15 is 0 Å². The standard InChI is InChI=1S/C41H55F5O4S/c1-38-21-19-29-26-31(47-3)15-16-32(29)37(38)33(27-39(2)34(38)17-18-35(39)50-36-10-5-7-23-49-36)28-11-13-30(14-12-28)48-22-6-4-8-24-51-25-9-20-40(42,43)41(44,45)46/h11-16,26,33-37H,4-10,17-25,27H2,1-3H3/t33-,34+,35+,36?,37+,38+,39+/m1/s1. The first-order valence-corrected chi connectivity index (χ1v) is 20.2. The van der Waals surface area contributed by atoms with Crippen molar-refractivity contribution in [1.29, 1.82) is 0 Å². The van der Waals surface area contributed by atoms with E-state index in [4.69, 9.17) is 18.9 Å². The molecule has 2 aromatic carbocycles. The zero-order chi connectivity index (χ0) is 36.3. The second-order valence-electron chi connectivity index (χ2n) is 15.8. The van der Waals surface area contributed by atoms with Crippen LogP contribution in [0.3, 0.4) is 0 Å². The topological polar surface area (TPSA) is 36.9 Å². The molecule has 0 aromatic heterocycles. The van der Waals surface area contributed by atoms with Crippen LogP contribution in [0.25, 0.3) is 0 Å². The van der Waals surface area contributed by atoms with Crippen LogP contribution in [0, 0.1) is 16.7 Å².